The SMILES string of the molecule is Cc1nnn(Cc2cc(Cl)ccc2C=CC(=O)N2CCCN(c3ncccn3)CC2)n1. The number of nitrogens with zero attached hydrogens (tertiary/aromatic N) is 8. The molecule has 31 heavy (non-hydrogen) atoms. The predicted octanol–water partition coefficient (Wildman–Crippen LogP) is 2.23. The highest BCUT2D eigenvalue weighted by atomic mass is 35.5. The number of benzene rings is 1. The molecule has 0 radical (unpaired) electrons. The van der Waals surface area contributed by atoms with E-state index in [1.165, 1.54) is 4.80 Å². The Balaban J connectivity index is 1.43. The van der Waals surface area contributed by atoms with Crippen LogP contribution in [0.5, 0.6) is 0 Å². The molecule has 0 unspecified atom stereocenters. The van der Waals surface area contributed by atoms with Crippen LogP contribution in [0.2, 0.25) is 5.02 Å². The van der Waals surface area contributed by atoms with E-state index in [2.05, 4.69) is 30.3 Å². The van der Waals surface area contributed by atoms with Gasteiger partial charge in [0, 0.05) is 49.7 Å². The zero-order valence-electron chi connectivity index (χ0n) is 17.2. The lowest BCUT2D eigenvalue weighted by Gasteiger charge is -2.21. The van der Waals surface area contributed by atoms with Crippen LogP contribution in [0.1, 0.15) is 23.4 Å². The van der Waals surface area contributed by atoms with Crippen molar-refractivity contribution in [1.82, 2.24) is 35.1 Å². The van der Waals surface area contributed by atoms with Crippen LogP contribution in [-0.2, 0) is 11.3 Å². The topological polar surface area (TPSA) is 92.9 Å². The van der Waals surface area contributed by atoms with E-state index >= 15 is 0 Å². The van der Waals surface area contributed by atoms with Crippen LogP contribution in [0.15, 0.2) is 42.7 Å². The Kier molecular flexibility index (Phi) is 6.51. The van der Waals surface area contributed by atoms with Crippen LogP contribution < -0.4 is 4.90 Å². The highest BCUT2D eigenvalue weighted by Gasteiger charge is 2.19. The molecule has 3 heterocycles. The molecule has 1 amide bonds. The third-order valence-corrected chi connectivity index (χ3v) is 5.25. The number of aromatic nitrogens is 6. The summed E-state index contributed by atoms with van der Waals surface area (Å²) in [5, 5.41) is 12.7. The Labute approximate surface area is 185 Å². The largest absolute Gasteiger partial charge is 0.339 e. The van der Waals surface area contributed by atoms with Gasteiger partial charge in [0.2, 0.25) is 11.9 Å². The van der Waals surface area contributed by atoms with E-state index < -0.39 is 0 Å². The second kappa shape index (κ2) is 9.65. The first-order valence-corrected chi connectivity index (χ1v) is 10.5. The lowest BCUT2D eigenvalue weighted by molar-refractivity contribution is -0.125. The van der Waals surface area contributed by atoms with Gasteiger partial charge in [-0.05, 0) is 54.0 Å². The highest BCUT2D eigenvalue weighted by Crippen LogP contribution is 2.19. The Bertz CT molecular complexity index is 1070. The second-order valence-electron chi connectivity index (χ2n) is 7.26. The first-order valence-electron chi connectivity index (χ1n) is 10.1. The summed E-state index contributed by atoms with van der Waals surface area (Å²) in [4.78, 5) is 26.9. The third-order valence-electron chi connectivity index (χ3n) is 5.02. The van der Waals surface area contributed by atoms with Gasteiger partial charge in [-0.2, -0.15) is 4.80 Å². The van der Waals surface area contributed by atoms with Gasteiger partial charge >= 0.3 is 0 Å². The summed E-state index contributed by atoms with van der Waals surface area (Å²) in [6.07, 6.45) is 7.76. The van der Waals surface area contributed by atoms with Gasteiger partial charge in [0.1, 0.15) is 0 Å². The molecular weight excluding hydrogens is 416 g/mol. The van der Waals surface area contributed by atoms with Gasteiger partial charge in [-0.15, -0.1) is 10.2 Å². The summed E-state index contributed by atoms with van der Waals surface area (Å²) in [6.45, 7) is 5.05. The number of anilines is 1. The average Bonchev–Trinajstić information content (AvgIpc) is 3.03. The minimum Gasteiger partial charge on any atom is -0.339 e. The van der Waals surface area contributed by atoms with Crippen molar-refractivity contribution in [2.24, 2.45) is 0 Å². The molecule has 1 aliphatic heterocycles. The van der Waals surface area contributed by atoms with Crippen molar-refractivity contribution in [1.29, 1.82) is 0 Å². The molecule has 0 bridgehead atoms. The second-order valence-corrected chi connectivity index (χ2v) is 7.69. The summed E-state index contributed by atoms with van der Waals surface area (Å²) < 4.78 is 0. The van der Waals surface area contributed by atoms with Gasteiger partial charge in [0.05, 0.1) is 6.54 Å². The van der Waals surface area contributed by atoms with E-state index in [1.807, 2.05) is 23.1 Å². The van der Waals surface area contributed by atoms with E-state index in [9.17, 15) is 4.79 Å². The van der Waals surface area contributed by atoms with Crippen molar-refractivity contribution in [2.75, 3.05) is 31.1 Å². The van der Waals surface area contributed by atoms with Crippen LogP contribution >= 0.6 is 11.6 Å². The zero-order valence-corrected chi connectivity index (χ0v) is 18.0. The zero-order chi connectivity index (χ0) is 21.6. The molecule has 10 heteroatoms. The Morgan fingerprint density at radius 3 is 2.77 bits per heavy atom. The summed E-state index contributed by atoms with van der Waals surface area (Å²) in [5.74, 6) is 1.28. The first-order chi connectivity index (χ1) is 15.1. The smallest absolute Gasteiger partial charge is 0.246 e. The molecule has 9 nitrogen and oxygen atoms in total. The molecule has 1 saturated heterocycles. The van der Waals surface area contributed by atoms with Gasteiger partial charge in [-0.3, -0.25) is 4.79 Å². The van der Waals surface area contributed by atoms with Crippen LogP contribution in [0.3, 0.4) is 0 Å². The standard InChI is InChI=1S/C21H23ClN8O/c1-16-25-27-30(26-16)15-18-14-19(22)6-4-17(18)5-7-20(31)28-10-3-11-29(13-12-28)21-23-8-2-9-24-21/h2,4-9,14H,3,10-13,15H2,1H3. The minimum atomic E-state index is -0.0218. The number of amides is 1. The number of halogens is 1. The number of tetrazole rings is 1. The molecule has 1 fully saturated rings. The minimum absolute atomic E-state index is 0.0218. The molecule has 0 aliphatic carbocycles. The number of hydrogen-bond donors (Lipinski definition) is 0. The van der Waals surface area contributed by atoms with Crippen LogP contribution in [0.25, 0.3) is 6.08 Å². The molecule has 2 aromatic heterocycles. The molecular formula is C21H23ClN8O. The van der Waals surface area contributed by atoms with Crippen LogP contribution in [0, 0.1) is 6.92 Å². The quantitative estimate of drug-likeness (QED) is 0.564. The van der Waals surface area contributed by atoms with Crippen LogP contribution in [0.4, 0.5) is 5.95 Å². The summed E-state index contributed by atoms with van der Waals surface area (Å²) in [7, 11) is 0. The summed E-state index contributed by atoms with van der Waals surface area (Å²) in [6, 6.07) is 7.35. The maximum absolute atomic E-state index is 12.8. The molecule has 4 rings (SSSR count). The van der Waals surface area contributed by atoms with E-state index in [0.29, 0.717) is 43.0 Å². The van der Waals surface area contributed by atoms with Crippen molar-refractivity contribution in [3.05, 3.63) is 64.7 Å². The van der Waals surface area contributed by atoms with Crippen molar-refractivity contribution < 1.29 is 4.79 Å². The fourth-order valence-electron chi connectivity index (χ4n) is 3.48. The summed E-state index contributed by atoms with van der Waals surface area (Å²) in [5.41, 5.74) is 1.80. The lowest BCUT2D eigenvalue weighted by atomic mass is 10.1. The number of aryl methyl sites for hydroxylation is 1. The van der Waals surface area contributed by atoms with Gasteiger partial charge in [0.15, 0.2) is 5.82 Å². The first kappa shape index (κ1) is 20.9. The lowest BCUT2D eigenvalue weighted by Crippen LogP contribution is -2.34. The molecule has 1 aromatic carbocycles. The monoisotopic (exact) mass is 438 g/mol. The number of carbonyl (C=O) groups is 1. The maximum Gasteiger partial charge on any atom is 0.246 e. The van der Waals surface area contributed by atoms with Crippen LogP contribution in [-0.4, -0.2) is 67.2 Å². The van der Waals surface area contributed by atoms with Gasteiger partial charge in [-0.1, -0.05) is 17.7 Å². The molecule has 3 aromatic rings. The molecule has 0 N–H and O–H groups in total. The Morgan fingerprint density at radius 1 is 1.16 bits per heavy atom. The fourth-order valence-corrected chi connectivity index (χ4v) is 3.67. The molecule has 0 atom stereocenters. The molecule has 0 saturated carbocycles. The van der Waals surface area contributed by atoms with E-state index in [-0.39, 0.29) is 5.91 Å². The van der Waals surface area contributed by atoms with Crippen molar-refractivity contribution in [3.63, 3.8) is 0 Å². The highest BCUT2D eigenvalue weighted by molar-refractivity contribution is 6.30. The maximum atomic E-state index is 12.8. The molecule has 1 aliphatic rings. The number of hydrogen-bond acceptors (Lipinski definition) is 7. The number of carbonyl (C=O) groups excluding carboxylic acids is 1. The normalized spacial score (nSPS) is 14.8. The summed E-state index contributed by atoms with van der Waals surface area (Å²) >= 11 is 6.18. The van der Waals surface area contributed by atoms with E-state index in [4.69, 9.17) is 11.6 Å². The fraction of sp³-hybridized carbons (Fsp3) is 0.333. The van der Waals surface area contributed by atoms with Crippen molar-refractivity contribution >= 4 is 29.5 Å². The third kappa shape index (κ3) is 5.43. The molecule has 160 valence electrons. The van der Waals surface area contributed by atoms with E-state index in [1.54, 1.807) is 37.5 Å². The predicted molar refractivity (Wildman–Crippen MR) is 118 cm³/mol. The number of rotatable bonds is 5. The Hall–Kier alpha value is -3.33. The van der Waals surface area contributed by atoms with Crippen molar-refractivity contribution in [2.45, 2.75) is 19.9 Å². The van der Waals surface area contributed by atoms with Gasteiger partial charge in [0.25, 0.3) is 0 Å². The van der Waals surface area contributed by atoms with Crippen molar-refractivity contribution in [3.8, 4) is 0 Å². The van der Waals surface area contributed by atoms with E-state index in [0.717, 1.165) is 24.1 Å². The Morgan fingerprint density at radius 2 is 2.00 bits per heavy atom. The van der Waals surface area contributed by atoms with Gasteiger partial charge < -0.3 is 9.80 Å². The molecule has 0 spiro atoms. The van der Waals surface area contributed by atoms with Gasteiger partial charge in [-0.25, -0.2) is 9.97 Å². The average molecular weight is 439 g/mol.